The second-order valence-corrected chi connectivity index (χ2v) is 5.92. The van der Waals surface area contributed by atoms with E-state index >= 15 is 0 Å². The first-order valence-electron chi connectivity index (χ1n) is 7.83. The number of aromatic nitrogens is 2. The van der Waals surface area contributed by atoms with Gasteiger partial charge >= 0.3 is 6.03 Å². The third kappa shape index (κ3) is 3.47. The Balaban J connectivity index is 1.58. The number of nitrogens with one attached hydrogen (secondary N) is 1. The summed E-state index contributed by atoms with van der Waals surface area (Å²) in [4.78, 5) is 13.9. The fourth-order valence-corrected chi connectivity index (χ4v) is 2.86. The number of hydrogen-bond donors (Lipinski definition) is 1. The van der Waals surface area contributed by atoms with Crippen LogP contribution in [0.5, 0.6) is 0 Å². The van der Waals surface area contributed by atoms with Gasteiger partial charge < -0.3 is 10.2 Å². The molecular formula is C17H22N4O. The third-order valence-electron chi connectivity index (χ3n) is 4.11. The molecule has 116 valence electrons. The first kappa shape index (κ1) is 14.6. The lowest BCUT2D eigenvalue weighted by Gasteiger charge is -2.20. The molecule has 2 amide bonds. The molecular weight excluding hydrogens is 276 g/mol. The van der Waals surface area contributed by atoms with E-state index in [1.54, 1.807) is 4.90 Å². The Morgan fingerprint density at radius 1 is 1.32 bits per heavy atom. The molecule has 1 fully saturated rings. The summed E-state index contributed by atoms with van der Waals surface area (Å²) in [7, 11) is 1.82. The van der Waals surface area contributed by atoms with Crippen molar-refractivity contribution in [3.8, 4) is 5.69 Å². The van der Waals surface area contributed by atoms with Crippen LogP contribution in [-0.4, -0.2) is 33.8 Å². The number of hydrogen-bond acceptors (Lipinski definition) is 2. The topological polar surface area (TPSA) is 50.2 Å². The van der Waals surface area contributed by atoms with Crippen LogP contribution in [0.15, 0.2) is 42.7 Å². The summed E-state index contributed by atoms with van der Waals surface area (Å²) in [6.07, 6.45) is 8.43. The van der Waals surface area contributed by atoms with Crippen molar-refractivity contribution in [2.24, 2.45) is 0 Å². The van der Waals surface area contributed by atoms with E-state index in [4.69, 9.17) is 0 Å². The van der Waals surface area contributed by atoms with Gasteiger partial charge in [0.2, 0.25) is 0 Å². The van der Waals surface area contributed by atoms with Crippen molar-refractivity contribution < 1.29 is 4.79 Å². The first-order valence-corrected chi connectivity index (χ1v) is 7.83. The summed E-state index contributed by atoms with van der Waals surface area (Å²) in [6, 6.07) is 10.3. The molecule has 2 aromatic rings. The standard InChI is InChI=1S/C17H22N4O/c1-20(17(22)19-15-7-5-6-8-15)12-14-11-18-21(13-14)16-9-3-2-4-10-16/h2-4,9-11,13,15H,5-8,12H2,1H3,(H,19,22). The van der Waals surface area contributed by atoms with Crippen LogP contribution in [0.1, 0.15) is 31.2 Å². The number of carbonyl (C=O) groups excluding carboxylic acids is 1. The number of para-hydroxylation sites is 1. The fourth-order valence-electron chi connectivity index (χ4n) is 2.86. The molecule has 1 heterocycles. The summed E-state index contributed by atoms with van der Waals surface area (Å²) in [5.41, 5.74) is 2.04. The van der Waals surface area contributed by atoms with E-state index in [2.05, 4.69) is 10.4 Å². The van der Waals surface area contributed by atoms with Gasteiger partial charge in [0, 0.05) is 24.8 Å². The zero-order valence-corrected chi connectivity index (χ0v) is 12.9. The van der Waals surface area contributed by atoms with Crippen LogP contribution < -0.4 is 5.32 Å². The monoisotopic (exact) mass is 298 g/mol. The molecule has 5 nitrogen and oxygen atoms in total. The van der Waals surface area contributed by atoms with Crippen LogP contribution >= 0.6 is 0 Å². The Bertz CT molecular complexity index is 617. The van der Waals surface area contributed by atoms with Crippen LogP contribution in [0.2, 0.25) is 0 Å². The van der Waals surface area contributed by atoms with Gasteiger partial charge in [-0.3, -0.25) is 0 Å². The highest BCUT2D eigenvalue weighted by Gasteiger charge is 2.19. The van der Waals surface area contributed by atoms with Gasteiger partial charge in [0.25, 0.3) is 0 Å². The molecule has 1 aromatic heterocycles. The lowest BCUT2D eigenvalue weighted by molar-refractivity contribution is 0.203. The average Bonchev–Trinajstić information content (AvgIpc) is 3.20. The Labute approximate surface area is 130 Å². The van der Waals surface area contributed by atoms with Crippen molar-refractivity contribution in [3.63, 3.8) is 0 Å². The normalized spacial score (nSPS) is 15.0. The molecule has 3 rings (SSSR count). The van der Waals surface area contributed by atoms with Crippen molar-refractivity contribution in [2.75, 3.05) is 7.05 Å². The van der Waals surface area contributed by atoms with E-state index in [1.165, 1.54) is 12.8 Å². The second kappa shape index (κ2) is 6.64. The minimum Gasteiger partial charge on any atom is -0.335 e. The summed E-state index contributed by atoms with van der Waals surface area (Å²) in [6.45, 7) is 0.561. The molecule has 0 saturated heterocycles. The van der Waals surface area contributed by atoms with Gasteiger partial charge in [-0.1, -0.05) is 31.0 Å². The van der Waals surface area contributed by atoms with E-state index < -0.39 is 0 Å². The second-order valence-electron chi connectivity index (χ2n) is 5.92. The van der Waals surface area contributed by atoms with Crippen molar-refractivity contribution in [1.82, 2.24) is 20.0 Å². The lowest BCUT2D eigenvalue weighted by Crippen LogP contribution is -2.41. The SMILES string of the molecule is CN(Cc1cnn(-c2ccccc2)c1)C(=O)NC1CCCC1. The summed E-state index contributed by atoms with van der Waals surface area (Å²) in [5.74, 6) is 0. The molecule has 0 radical (unpaired) electrons. The van der Waals surface area contributed by atoms with Gasteiger partial charge in [-0.2, -0.15) is 5.10 Å². The van der Waals surface area contributed by atoms with Gasteiger partial charge in [0.1, 0.15) is 0 Å². The largest absolute Gasteiger partial charge is 0.335 e. The molecule has 5 heteroatoms. The molecule has 22 heavy (non-hydrogen) atoms. The molecule has 0 spiro atoms. The van der Waals surface area contributed by atoms with E-state index in [1.807, 2.05) is 54.5 Å². The first-order chi connectivity index (χ1) is 10.7. The Kier molecular flexibility index (Phi) is 4.42. The Morgan fingerprint density at radius 3 is 2.77 bits per heavy atom. The Hall–Kier alpha value is -2.30. The smallest absolute Gasteiger partial charge is 0.317 e. The number of rotatable bonds is 4. The van der Waals surface area contributed by atoms with E-state index in [9.17, 15) is 4.79 Å². The maximum atomic E-state index is 12.2. The molecule has 1 aromatic carbocycles. The minimum atomic E-state index is -0.000592. The number of nitrogens with zero attached hydrogens (tertiary/aromatic N) is 3. The molecule has 0 bridgehead atoms. The lowest BCUT2D eigenvalue weighted by atomic mass is 10.2. The highest BCUT2D eigenvalue weighted by atomic mass is 16.2. The number of carbonyl (C=O) groups is 1. The maximum Gasteiger partial charge on any atom is 0.317 e. The van der Waals surface area contributed by atoms with Crippen molar-refractivity contribution in [2.45, 2.75) is 38.3 Å². The van der Waals surface area contributed by atoms with Crippen LogP contribution in [0, 0.1) is 0 Å². The van der Waals surface area contributed by atoms with Crippen LogP contribution in [0.25, 0.3) is 5.69 Å². The highest BCUT2D eigenvalue weighted by Crippen LogP contribution is 2.18. The third-order valence-corrected chi connectivity index (χ3v) is 4.11. The fraction of sp³-hybridized carbons (Fsp3) is 0.412. The number of amides is 2. The zero-order chi connectivity index (χ0) is 15.4. The van der Waals surface area contributed by atoms with E-state index in [-0.39, 0.29) is 6.03 Å². The number of benzene rings is 1. The van der Waals surface area contributed by atoms with E-state index in [0.717, 1.165) is 24.1 Å². The van der Waals surface area contributed by atoms with Crippen molar-refractivity contribution in [1.29, 1.82) is 0 Å². The summed E-state index contributed by atoms with van der Waals surface area (Å²) < 4.78 is 1.83. The molecule has 1 saturated carbocycles. The van der Waals surface area contributed by atoms with Crippen LogP contribution in [-0.2, 0) is 6.54 Å². The molecule has 1 N–H and O–H groups in total. The summed E-state index contributed by atoms with van der Waals surface area (Å²) in [5, 5.41) is 7.46. The molecule has 0 atom stereocenters. The number of urea groups is 1. The van der Waals surface area contributed by atoms with Gasteiger partial charge in [-0.25, -0.2) is 9.48 Å². The van der Waals surface area contributed by atoms with Crippen LogP contribution in [0.4, 0.5) is 4.79 Å². The Morgan fingerprint density at radius 2 is 2.05 bits per heavy atom. The van der Waals surface area contributed by atoms with Crippen LogP contribution in [0.3, 0.4) is 0 Å². The molecule has 1 aliphatic rings. The average molecular weight is 298 g/mol. The molecule has 0 unspecified atom stereocenters. The van der Waals surface area contributed by atoms with E-state index in [0.29, 0.717) is 12.6 Å². The van der Waals surface area contributed by atoms with Crippen molar-refractivity contribution >= 4 is 6.03 Å². The van der Waals surface area contributed by atoms with Gasteiger partial charge in [-0.15, -0.1) is 0 Å². The summed E-state index contributed by atoms with van der Waals surface area (Å²) >= 11 is 0. The van der Waals surface area contributed by atoms with Gasteiger partial charge in [-0.05, 0) is 25.0 Å². The van der Waals surface area contributed by atoms with Gasteiger partial charge in [0.15, 0.2) is 0 Å². The predicted octanol–water partition coefficient (Wildman–Crippen LogP) is 2.96. The predicted molar refractivity (Wildman–Crippen MR) is 85.8 cm³/mol. The highest BCUT2D eigenvalue weighted by molar-refractivity contribution is 5.74. The maximum absolute atomic E-state index is 12.2. The minimum absolute atomic E-state index is 0.000592. The quantitative estimate of drug-likeness (QED) is 0.943. The zero-order valence-electron chi connectivity index (χ0n) is 12.9. The van der Waals surface area contributed by atoms with Crippen molar-refractivity contribution in [3.05, 3.63) is 48.3 Å². The molecule has 1 aliphatic carbocycles. The molecule has 0 aliphatic heterocycles. The van der Waals surface area contributed by atoms with Gasteiger partial charge in [0.05, 0.1) is 18.4 Å².